The zero-order valence-corrected chi connectivity index (χ0v) is 12.5. The van der Waals surface area contributed by atoms with Crippen molar-refractivity contribution in [3.8, 4) is 0 Å². The minimum absolute atomic E-state index is 0.0818. The Morgan fingerprint density at radius 1 is 1.06 bits per heavy atom. The molecule has 2 heterocycles. The first kappa shape index (κ1) is 13.3. The Morgan fingerprint density at radius 3 is 2.17 bits per heavy atom. The summed E-state index contributed by atoms with van der Waals surface area (Å²) in [7, 11) is 0. The fourth-order valence-electron chi connectivity index (χ4n) is 1.89. The number of fused-ring (bicyclic) bond motifs is 1. The van der Waals surface area contributed by atoms with Crippen LogP contribution in [0.3, 0.4) is 0 Å². The quantitative estimate of drug-likeness (QED) is 0.685. The number of hydrogen-bond donors (Lipinski definition) is 0. The van der Waals surface area contributed by atoms with E-state index in [9.17, 15) is 0 Å². The van der Waals surface area contributed by atoms with Crippen molar-refractivity contribution in [2.75, 3.05) is 0 Å². The number of nitrogens with zero attached hydrogens (tertiary/aromatic N) is 4. The third-order valence-electron chi connectivity index (χ3n) is 2.80. The second kappa shape index (κ2) is 3.92. The average molecular weight is 267 g/mol. The first-order chi connectivity index (χ1) is 8.10. The van der Waals surface area contributed by atoms with E-state index in [1.54, 1.807) is 0 Å². The summed E-state index contributed by atoms with van der Waals surface area (Å²) in [4.78, 5) is 13.1. The fourth-order valence-corrected chi connectivity index (χ4v) is 2.05. The molecule has 98 valence electrons. The Kier molecular flexibility index (Phi) is 2.89. The highest BCUT2D eigenvalue weighted by atomic mass is 35.5. The topological polar surface area (TPSA) is 43.6 Å². The summed E-state index contributed by atoms with van der Waals surface area (Å²) in [5.41, 5.74) is 2.33. The molecule has 2 aromatic rings. The van der Waals surface area contributed by atoms with Crippen molar-refractivity contribution in [2.45, 2.75) is 52.5 Å². The molecule has 0 N–H and O–H groups in total. The molecule has 0 fully saturated rings. The Morgan fingerprint density at radius 2 is 1.67 bits per heavy atom. The Labute approximate surface area is 112 Å². The van der Waals surface area contributed by atoms with Gasteiger partial charge in [0.1, 0.15) is 5.52 Å². The van der Waals surface area contributed by atoms with Gasteiger partial charge in [-0.2, -0.15) is 4.98 Å². The van der Waals surface area contributed by atoms with Crippen molar-refractivity contribution in [1.29, 1.82) is 0 Å². The molecule has 0 spiro atoms. The molecule has 4 nitrogen and oxygen atoms in total. The van der Waals surface area contributed by atoms with E-state index in [1.807, 2.05) is 10.9 Å². The van der Waals surface area contributed by atoms with Gasteiger partial charge in [-0.3, -0.25) is 0 Å². The van der Waals surface area contributed by atoms with E-state index in [0.29, 0.717) is 0 Å². The average Bonchev–Trinajstić information content (AvgIpc) is 2.57. The van der Waals surface area contributed by atoms with Crippen molar-refractivity contribution in [3.05, 3.63) is 17.3 Å². The number of rotatable bonds is 0. The standard InChI is InChI=1S/C13H19ClN4/c1-12(2,3)9-8-10(17-11(14)16-9)18(7-15-8)13(4,5)6/h7H,1-6H3. The highest BCUT2D eigenvalue weighted by Crippen LogP contribution is 2.29. The largest absolute Gasteiger partial charge is 0.310 e. The van der Waals surface area contributed by atoms with Crippen LogP contribution in [0, 0.1) is 0 Å². The summed E-state index contributed by atoms with van der Waals surface area (Å²) in [6, 6.07) is 0. The molecule has 0 unspecified atom stereocenters. The third kappa shape index (κ3) is 2.21. The van der Waals surface area contributed by atoms with Crippen LogP contribution in [-0.2, 0) is 11.0 Å². The Bertz CT molecular complexity index is 587. The normalized spacial score (nSPS) is 13.3. The summed E-state index contributed by atoms with van der Waals surface area (Å²) >= 11 is 6.05. The maximum Gasteiger partial charge on any atom is 0.224 e. The van der Waals surface area contributed by atoms with Gasteiger partial charge in [-0.15, -0.1) is 0 Å². The van der Waals surface area contributed by atoms with E-state index < -0.39 is 0 Å². The van der Waals surface area contributed by atoms with Gasteiger partial charge in [0, 0.05) is 11.0 Å². The molecular weight excluding hydrogens is 248 g/mol. The predicted molar refractivity (Wildman–Crippen MR) is 74.0 cm³/mol. The molecule has 18 heavy (non-hydrogen) atoms. The maximum atomic E-state index is 6.05. The van der Waals surface area contributed by atoms with Crippen molar-refractivity contribution < 1.29 is 0 Å². The summed E-state index contributed by atoms with van der Waals surface area (Å²) < 4.78 is 2.03. The fraction of sp³-hybridized carbons (Fsp3) is 0.615. The highest BCUT2D eigenvalue weighted by Gasteiger charge is 2.25. The molecule has 0 aliphatic heterocycles. The van der Waals surface area contributed by atoms with Gasteiger partial charge in [0.15, 0.2) is 5.65 Å². The third-order valence-corrected chi connectivity index (χ3v) is 2.97. The molecule has 0 saturated heterocycles. The summed E-state index contributed by atoms with van der Waals surface area (Å²) in [5.74, 6) is 0. The van der Waals surface area contributed by atoms with Crippen molar-refractivity contribution in [3.63, 3.8) is 0 Å². The number of hydrogen-bond acceptors (Lipinski definition) is 3. The Balaban J connectivity index is 2.82. The van der Waals surface area contributed by atoms with Gasteiger partial charge in [-0.25, -0.2) is 9.97 Å². The van der Waals surface area contributed by atoms with Crippen LogP contribution in [0.5, 0.6) is 0 Å². The molecule has 0 saturated carbocycles. The molecule has 2 aromatic heterocycles. The lowest BCUT2D eigenvalue weighted by atomic mass is 9.91. The molecule has 0 aliphatic rings. The van der Waals surface area contributed by atoms with Gasteiger partial charge >= 0.3 is 0 Å². The zero-order valence-electron chi connectivity index (χ0n) is 11.7. The van der Waals surface area contributed by atoms with Crippen molar-refractivity contribution >= 4 is 22.8 Å². The molecule has 0 aliphatic carbocycles. The van der Waals surface area contributed by atoms with Gasteiger partial charge in [-0.05, 0) is 32.4 Å². The minimum Gasteiger partial charge on any atom is -0.310 e. The smallest absolute Gasteiger partial charge is 0.224 e. The second-order valence-electron chi connectivity index (χ2n) is 6.55. The number of aromatic nitrogens is 4. The van der Waals surface area contributed by atoms with Crippen LogP contribution in [-0.4, -0.2) is 19.5 Å². The highest BCUT2D eigenvalue weighted by molar-refractivity contribution is 6.28. The van der Waals surface area contributed by atoms with Gasteiger partial charge in [0.25, 0.3) is 0 Å². The van der Waals surface area contributed by atoms with Crippen LogP contribution in [0.2, 0.25) is 5.28 Å². The van der Waals surface area contributed by atoms with E-state index in [0.717, 1.165) is 16.9 Å². The molecule has 2 rings (SSSR count). The van der Waals surface area contributed by atoms with Crippen LogP contribution in [0.1, 0.15) is 47.2 Å². The molecule has 0 radical (unpaired) electrons. The van der Waals surface area contributed by atoms with Crippen LogP contribution in [0.15, 0.2) is 6.33 Å². The zero-order chi connectivity index (χ0) is 13.7. The molecular formula is C13H19ClN4. The van der Waals surface area contributed by atoms with Gasteiger partial charge in [0.2, 0.25) is 5.28 Å². The lowest BCUT2D eigenvalue weighted by Crippen LogP contribution is -2.22. The van der Waals surface area contributed by atoms with E-state index >= 15 is 0 Å². The van der Waals surface area contributed by atoms with E-state index in [4.69, 9.17) is 11.6 Å². The first-order valence-corrected chi connectivity index (χ1v) is 6.40. The summed E-state index contributed by atoms with van der Waals surface area (Å²) in [6.07, 6.45) is 1.81. The second-order valence-corrected chi connectivity index (χ2v) is 6.89. The molecule has 0 aromatic carbocycles. The van der Waals surface area contributed by atoms with Crippen LogP contribution >= 0.6 is 11.6 Å². The van der Waals surface area contributed by atoms with E-state index in [-0.39, 0.29) is 16.2 Å². The van der Waals surface area contributed by atoms with Gasteiger partial charge in [0.05, 0.1) is 12.0 Å². The van der Waals surface area contributed by atoms with Crippen LogP contribution < -0.4 is 0 Å². The van der Waals surface area contributed by atoms with E-state index in [1.165, 1.54) is 0 Å². The first-order valence-electron chi connectivity index (χ1n) is 6.02. The van der Waals surface area contributed by atoms with Gasteiger partial charge in [-0.1, -0.05) is 20.8 Å². The predicted octanol–water partition coefficient (Wildman–Crippen LogP) is 3.53. The van der Waals surface area contributed by atoms with Crippen LogP contribution in [0.25, 0.3) is 11.2 Å². The lowest BCUT2D eigenvalue weighted by molar-refractivity contribution is 0.406. The lowest BCUT2D eigenvalue weighted by Gasteiger charge is -2.22. The molecule has 5 heteroatoms. The van der Waals surface area contributed by atoms with Crippen LogP contribution in [0.4, 0.5) is 0 Å². The van der Waals surface area contributed by atoms with E-state index in [2.05, 4.69) is 56.5 Å². The number of halogens is 1. The Hall–Kier alpha value is -1.16. The van der Waals surface area contributed by atoms with Crippen molar-refractivity contribution in [2.24, 2.45) is 0 Å². The number of imidazole rings is 1. The monoisotopic (exact) mass is 266 g/mol. The molecule has 0 bridgehead atoms. The summed E-state index contributed by atoms with van der Waals surface area (Å²) in [6.45, 7) is 12.6. The maximum absolute atomic E-state index is 6.05. The molecule has 0 atom stereocenters. The summed E-state index contributed by atoms with van der Waals surface area (Å²) in [5, 5.41) is 0.276. The molecule has 0 amide bonds. The van der Waals surface area contributed by atoms with Gasteiger partial charge < -0.3 is 4.57 Å². The minimum atomic E-state index is -0.109. The van der Waals surface area contributed by atoms with Crippen molar-refractivity contribution in [1.82, 2.24) is 19.5 Å². The SMILES string of the molecule is CC(C)(C)c1nc(Cl)nc2c1ncn2C(C)(C)C.